The number of rotatable bonds is 4. The molecule has 0 bridgehead atoms. The van der Waals surface area contributed by atoms with Crippen LogP contribution in [0.3, 0.4) is 0 Å². The van der Waals surface area contributed by atoms with Gasteiger partial charge in [-0.3, -0.25) is 9.98 Å². The number of nitrogens with zero attached hydrogens (tertiary/aromatic N) is 2. The molecule has 1 aromatic rings. The lowest BCUT2D eigenvalue weighted by atomic mass is 10.0. The summed E-state index contributed by atoms with van der Waals surface area (Å²) >= 11 is 3.33. The zero-order valence-electron chi connectivity index (χ0n) is 14.0. The number of carbonyl (C=O) groups excluding carboxylic acids is 1. The Balaban J connectivity index is 1.78. The van der Waals surface area contributed by atoms with Crippen LogP contribution in [0.5, 0.6) is 0 Å². The van der Waals surface area contributed by atoms with Gasteiger partial charge in [-0.1, -0.05) is 36.4 Å². The van der Waals surface area contributed by atoms with Crippen LogP contribution in [0.25, 0.3) is 6.08 Å². The van der Waals surface area contributed by atoms with E-state index in [0.29, 0.717) is 5.75 Å². The topological polar surface area (TPSA) is 51.0 Å². The van der Waals surface area contributed by atoms with Gasteiger partial charge in [-0.05, 0) is 25.5 Å². The Bertz CT molecular complexity index is 730. The normalized spacial score (nSPS) is 29.6. The minimum atomic E-state index is -0.791. The minimum absolute atomic E-state index is 0.285. The number of hydrogen-bond acceptors (Lipinski definition) is 6. The molecule has 0 radical (unpaired) electrons. The molecule has 0 saturated carbocycles. The largest absolute Gasteiger partial charge is 0.467 e. The summed E-state index contributed by atoms with van der Waals surface area (Å²) in [5.41, 5.74) is -0.00170. The van der Waals surface area contributed by atoms with Gasteiger partial charge in [0.25, 0.3) is 0 Å². The second-order valence-corrected chi connectivity index (χ2v) is 8.19. The van der Waals surface area contributed by atoms with Crippen LogP contribution >= 0.6 is 23.5 Å². The highest BCUT2D eigenvalue weighted by Crippen LogP contribution is 2.39. The van der Waals surface area contributed by atoms with Gasteiger partial charge in [0.05, 0.1) is 17.2 Å². The van der Waals surface area contributed by atoms with Crippen molar-refractivity contribution in [3.63, 3.8) is 0 Å². The molecular weight excluding hydrogens is 340 g/mol. The van der Waals surface area contributed by atoms with Gasteiger partial charge in [-0.25, -0.2) is 4.79 Å². The van der Waals surface area contributed by atoms with E-state index in [4.69, 9.17) is 9.73 Å². The van der Waals surface area contributed by atoms with Crippen LogP contribution in [0.2, 0.25) is 0 Å². The Morgan fingerprint density at radius 3 is 2.58 bits per heavy atom. The summed E-state index contributed by atoms with van der Waals surface area (Å²) in [5, 5.41) is 1.92. The smallest absolute Gasteiger partial charge is 0.334 e. The van der Waals surface area contributed by atoms with Gasteiger partial charge < -0.3 is 4.74 Å². The third-order valence-corrected chi connectivity index (χ3v) is 6.74. The number of thioether (sulfide) groups is 2. The number of esters is 1. The monoisotopic (exact) mass is 360 g/mol. The molecule has 24 heavy (non-hydrogen) atoms. The van der Waals surface area contributed by atoms with Crippen LogP contribution in [0.1, 0.15) is 19.4 Å². The predicted octanol–water partition coefficient (Wildman–Crippen LogP) is 3.68. The van der Waals surface area contributed by atoms with Crippen LogP contribution in [-0.2, 0) is 9.53 Å². The van der Waals surface area contributed by atoms with Crippen LogP contribution < -0.4 is 0 Å². The second-order valence-electron chi connectivity index (χ2n) is 6.23. The van der Waals surface area contributed by atoms with Gasteiger partial charge in [0, 0.05) is 11.5 Å². The lowest BCUT2D eigenvalue weighted by Gasteiger charge is -2.19. The number of aliphatic imine (C=N–C) groups is 2. The molecule has 0 spiro atoms. The lowest BCUT2D eigenvalue weighted by molar-refractivity contribution is -0.145. The molecule has 2 atom stereocenters. The van der Waals surface area contributed by atoms with Gasteiger partial charge in [0.1, 0.15) is 5.54 Å². The van der Waals surface area contributed by atoms with E-state index >= 15 is 0 Å². The van der Waals surface area contributed by atoms with Gasteiger partial charge in [0.2, 0.25) is 0 Å². The first-order valence-corrected chi connectivity index (χ1v) is 9.70. The third kappa shape index (κ3) is 3.44. The second kappa shape index (κ2) is 6.76. The van der Waals surface area contributed by atoms with E-state index in [1.54, 1.807) is 23.5 Å². The molecule has 6 heteroatoms. The van der Waals surface area contributed by atoms with Crippen LogP contribution in [0.4, 0.5) is 0 Å². The average Bonchev–Trinajstić information content (AvgIpc) is 3.19. The number of carbonyl (C=O) groups is 1. The summed E-state index contributed by atoms with van der Waals surface area (Å²) in [6.45, 7) is 3.91. The van der Waals surface area contributed by atoms with E-state index in [0.717, 1.165) is 21.4 Å². The summed E-state index contributed by atoms with van der Waals surface area (Å²) in [5.74, 6) is 1.16. The first-order chi connectivity index (χ1) is 11.5. The van der Waals surface area contributed by atoms with Crippen LogP contribution in [0.15, 0.2) is 46.4 Å². The highest BCUT2D eigenvalue weighted by atomic mass is 32.2. The molecule has 0 amide bonds. The lowest BCUT2D eigenvalue weighted by Crippen LogP contribution is -2.35. The Hall–Kier alpha value is -1.53. The summed E-state index contributed by atoms with van der Waals surface area (Å²) in [4.78, 5) is 21.4. The maximum Gasteiger partial charge on any atom is 0.334 e. The van der Waals surface area contributed by atoms with Crippen molar-refractivity contribution in [2.45, 2.75) is 24.9 Å². The molecule has 0 aromatic heterocycles. The Kier molecular flexibility index (Phi) is 4.88. The van der Waals surface area contributed by atoms with Crippen molar-refractivity contribution in [3.8, 4) is 0 Å². The highest BCUT2D eigenvalue weighted by Gasteiger charge is 2.46. The van der Waals surface area contributed by atoms with Gasteiger partial charge in [-0.15, -0.1) is 23.5 Å². The number of benzene rings is 1. The van der Waals surface area contributed by atoms with E-state index in [-0.39, 0.29) is 11.5 Å². The SMILES string of the molecule is COC(=O)[C@]1(C)CSC([C@]2(C)CSC(/C=C/c3ccccc3)=N2)=N1. The van der Waals surface area contributed by atoms with Crippen molar-refractivity contribution in [1.82, 2.24) is 0 Å². The van der Waals surface area contributed by atoms with E-state index in [1.807, 2.05) is 31.2 Å². The number of methoxy groups -OCH3 is 1. The molecule has 0 N–H and O–H groups in total. The molecule has 4 nitrogen and oxygen atoms in total. The summed E-state index contributed by atoms with van der Waals surface area (Å²) < 4.78 is 4.88. The van der Waals surface area contributed by atoms with Crippen molar-refractivity contribution in [3.05, 3.63) is 42.0 Å². The predicted molar refractivity (Wildman–Crippen MR) is 104 cm³/mol. The Morgan fingerprint density at radius 1 is 1.12 bits per heavy atom. The Morgan fingerprint density at radius 2 is 1.88 bits per heavy atom. The first-order valence-electron chi connectivity index (χ1n) is 7.72. The van der Waals surface area contributed by atoms with Gasteiger partial charge >= 0.3 is 5.97 Å². The molecule has 126 valence electrons. The summed E-state index contributed by atoms with van der Waals surface area (Å²) in [6.07, 6.45) is 4.12. The molecular formula is C18H20N2O2S2. The van der Waals surface area contributed by atoms with Crippen molar-refractivity contribution >= 4 is 45.7 Å². The average molecular weight is 361 g/mol. The quantitative estimate of drug-likeness (QED) is 0.769. The molecule has 2 aliphatic rings. The van der Waals surface area contributed by atoms with Crippen molar-refractivity contribution in [2.24, 2.45) is 9.98 Å². The molecule has 0 saturated heterocycles. The first kappa shape index (κ1) is 17.3. The fourth-order valence-electron chi connectivity index (χ4n) is 2.55. The fraction of sp³-hybridized carbons (Fsp3) is 0.389. The molecule has 2 aliphatic heterocycles. The van der Waals surface area contributed by atoms with Crippen molar-refractivity contribution in [2.75, 3.05) is 18.6 Å². The number of hydrogen-bond donors (Lipinski definition) is 0. The van der Waals surface area contributed by atoms with Crippen molar-refractivity contribution in [1.29, 1.82) is 0 Å². The maximum absolute atomic E-state index is 11.9. The van der Waals surface area contributed by atoms with E-state index < -0.39 is 5.54 Å². The molecule has 2 heterocycles. The summed E-state index contributed by atoms with van der Waals surface area (Å²) in [7, 11) is 1.41. The van der Waals surface area contributed by atoms with Gasteiger partial charge in [-0.2, -0.15) is 0 Å². The molecule has 3 rings (SSSR count). The highest BCUT2D eigenvalue weighted by molar-refractivity contribution is 8.16. The Labute approximate surface area is 150 Å². The van der Waals surface area contributed by atoms with E-state index in [1.165, 1.54) is 7.11 Å². The van der Waals surface area contributed by atoms with E-state index in [2.05, 4.69) is 30.1 Å². The standard InChI is InChI=1S/C18H20N2O2S2/c1-17(15-20-18(2,12-24-15)16(21)22-3)11-23-14(19-17)10-9-13-7-5-4-6-8-13/h4-10H,11-12H2,1-3H3/b10-9+/t17-,18-/m0/s1. The number of ether oxygens (including phenoxy) is 1. The zero-order valence-corrected chi connectivity index (χ0v) is 15.6. The van der Waals surface area contributed by atoms with Gasteiger partial charge in [0.15, 0.2) is 5.54 Å². The third-order valence-electron chi connectivity index (χ3n) is 4.00. The molecule has 0 aliphatic carbocycles. The fourth-order valence-corrected chi connectivity index (χ4v) is 4.99. The minimum Gasteiger partial charge on any atom is -0.467 e. The van der Waals surface area contributed by atoms with Crippen LogP contribution in [-0.4, -0.2) is 45.8 Å². The molecule has 0 fully saturated rings. The van der Waals surface area contributed by atoms with E-state index in [9.17, 15) is 4.79 Å². The van der Waals surface area contributed by atoms with Crippen LogP contribution in [0, 0.1) is 0 Å². The van der Waals surface area contributed by atoms with Crippen molar-refractivity contribution < 1.29 is 9.53 Å². The maximum atomic E-state index is 11.9. The zero-order chi connectivity index (χ0) is 17.2. The molecule has 0 unspecified atom stereocenters. The summed E-state index contributed by atoms with van der Waals surface area (Å²) in [6, 6.07) is 10.2. The molecule has 1 aromatic carbocycles.